The van der Waals surface area contributed by atoms with E-state index in [1.165, 1.54) is 18.4 Å². The van der Waals surface area contributed by atoms with E-state index in [0.29, 0.717) is 48.6 Å². The topological polar surface area (TPSA) is 131 Å². The van der Waals surface area contributed by atoms with Crippen LogP contribution in [0.1, 0.15) is 47.1 Å². The van der Waals surface area contributed by atoms with Gasteiger partial charge in [0.15, 0.2) is 11.4 Å². The predicted molar refractivity (Wildman–Crippen MR) is 197 cm³/mol. The minimum Gasteiger partial charge on any atom is -0.481 e. The van der Waals surface area contributed by atoms with Crippen molar-refractivity contribution >= 4 is 39.5 Å². The first-order valence-corrected chi connectivity index (χ1v) is 17.6. The van der Waals surface area contributed by atoms with E-state index >= 15 is 0 Å². The smallest absolute Gasteiger partial charge is 0.307 e. The van der Waals surface area contributed by atoms with E-state index in [2.05, 4.69) is 64.3 Å². The lowest BCUT2D eigenvalue weighted by Crippen LogP contribution is -2.22. The molecule has 0 amide bonds. The number of nitriles is 1. The normalized spacial score (nSPS) is 16.6. The Balaban J connectivity index is 1.08. The second-order valence-electron chi connectivity index (χ2n) is 13.8. The van der Waals surface area contributed by atoms with Crippen molar-refractivity contribution in [1.82, 2.24) is 24.8 Å². The molecular formula is C41H39N7O3. The molecule has 0 saturated carbocycles. The lowest BCUT2D eigenvalue weighted by Gasteiger charge is -2.17. The number of aliphatic carboxylic acids is 1. The highest BCUT2D eigenvalue weighted by atomic mass is 16.4. The minimum absolute atomic E-state index is 0.358. The van der Waals surface area contributed by atoms with Crippen LogP contribution in [-0.4, -0.2) is 62.0 Å². The lowest BCUT2D eigenvalue weighted by atomic mass is 9.93. The number of benzene rings is 3. The molecule has 51 heavy (non-hydrogen) atoms. The summed E-state index contributed by atoms with van der Waals surface area (Å²) in [6.07, 6.45) is 6.97. The largest absolute Gasteiger partial charge is 0.481 e. The Hall–Kier alpha value is -5.63. The summed E-state index contributed by atoms with van der Waals surface area (Å²) < 4.78 is 6.29. The van der Waals surface area contributed by atoms with Crippen LogP contribution in [0.15, 0.2) is 77.5 Å². The van der Waals surface area contributed by atoms with Gasteiger partial charge < -0.3 is 14.8 Å². The van der Waals surface area contributed by atoms with Crippen molar-refractivity contribution in [1.29, 1.82) is 5.26 Å². The highest BCUT2D eigenvalue weighted by Crippen LogP contribution is 2.38. The Morgan fingerprint density at radius 3 is 2.49 bits per heavy atom. The van der Waals surface area contributed by atoms with Crippen LogP contribution < -0.4 is 5.32 Å². The monoisotopic (exact) mass is 677 g/mol. The lowest BCUT2D eigenvalue weighted by molar-refractivity contribution is -0.141. The second-order valence-corrected chi connectivity index (χ2v) is 13.8. The van der Waals surface area contributed by atoms with Crippen molar-refractivity contribution in [3.05, 3.63) is 101 Å². The fourth-order valence-electron chi connectivity index (χ4n) is 7.65. The van der Waals surface area contributed by atoms with Gasteiger partial charge in [-0.1, -0.05) is 24.3 Å². The summed E-state index contributed by atoms with van der Waals surface area (Å²) in [7, 11) is 0. The van der Waals surface area contributed by atoms with Crippen molar-refractivity contribution in [2.24, 2.45) is 5.92 Å². The zero-order valence-corrected chi connectivity index (χ0v) is 28.8. The van der Waals surface area contributed by atoms with E-state index in [-0.39, 0.29) is 5.92 Å². The number of rotatable bonds is 9. The molecule has 0 spiro atoms. The van der Waals surface area contributed by atoms with Crippen LogP contribution >= 0.6 is 0 Å². The third-order valence-electron chi connectivity index (χ3n) is 10.4. The molecular weight excluding hydrogens is 638 g/mol. The van der Waals surface area contributed by atoms with Gasteiger partial charge in [0.05, 0.1) is 11.5 Å². The number of pyridine rings is 2. The maximum Gasteiger partial charge on any atom is 0.307 e. The highest BCUT2D eigenvalue weighted by Gasteiger charge is 2.28. The number of carboxylic acid groups (broad SMARTS) is 1. The van der Waals surface area contributed by atoms with Crippen LogP contribution in [-0.2, 0) is 17.9 Å². The molecule has 6 aromatic rings. The second kappa shape index (κ2) is 13.6. The molecule has 0 bridgehead atoms. The van der Waals surface area contributed by atoms with E-state index in [1.807, 2.05) is 48.8 Å². The van der Waals surface area contributed by atoms with E-state index in [9.17, 15) is 15.2 Å². The fourth-order valence-corrected chi connectivity index (χ4v) is 7.65. The molecule has 3 aromatic carbocycles. The molecule has 8 rings (SSSR count). The molecule has 3 aromatic heterocycles. The van der Waals surface area contributed by atoms with Gasteiger partial charge in [0.25, 0.3) is 0 Å². The van der Waals surface area contributed by atoms with Crippen LogP contribution in [0.25, 0.3) is 44.6 Å². The Bertz CT molecular complexity index is 2340. The number of likely N-dealkylation sites (tertiary alicyclic amines) is 2. The number of anilines is 2. The molecule has 5 heterocycles. The quantitative estimate of drug-likeness (QED) is 0.156. The third-order valence-corrected chi connectivity index (χ3v) is 10.4. The number of hydrogen-bond acceptors (Lipinski definition) is 9. The molecule has 1 atom stereocenters. The van der Waals surface area contributed by atoms with Gasteiger partial charge in [-0.05, 0) is 123 Å². The molecule has 2 fully saturated rings. The summed E-state index contributed by atoms with van der Waals surface area (Å²) in [5.41, 5.74) is 10.4. The first kappa shape index (κ1) is 32.6. The average Bonchev–Trinajstić information content (AvgIpc) is 3.91. The minimum atomic E-state index is -0.761. The van der Waals surface area contributed by atoms with Crippen LogP contribution in [0, 0.1) is 31.1 Å². The number of oxazole rings is 1. The Morgan fingerprint density at radius 2 is 1.71 bits per heavy atom. The maximum atomic E-state index is 11.5. The molecule has 10 heteroatoms. The van der Waals surface area contributed by atoms with E-state index < -0.39 is 5.97 Å². The molecule has 2 saturated heterocycles. The average molecular weight is 678 g/mol. The number of fused-ring (bicyclic) bond motifs is 2. The molecule has 2 aliphatic heterocycles. The summed E-state index contributed by atoms with van der Waals surface area (Å²) in [6, 6.07) is 22.6. The van der Waals surface area contributed by atoms with Gasteiger partial charge in [-0.15, -0.1) is 0 Å². The highest BCUT2D eigenvalue weighted by molar-refractivity contribution is 5.91. The van der Waals surface area contributed by atoms with Gasteiger partial charge in [0.1, 0.15) is 17.1 Å². The molecule has 2 aliphatic rings. The molecule has 0 aliphatic carbocycles. The van der Waals surface area contributed by atoms with Gasteiger partial charge in [-0.2, -0.15) is 5.26 Å². The summed E-state index contributed by atoms with van der Waals surface area (Å²) in [5.74, 6) is 0.0509. The molecule has 1 unspecified atom stereocenters. The predicted octanol–water partition coefficient (Wildman–Crippen LogP) is 7.84. The van der Waals surface area contributed by atoms with Gasteiger partial charge in [0, 0.05) is 48.7 Å². The van der Waals surface area contributed by atoms with Crippen molar-refractivity contribution in [2.75, 3.05) is 31.5 Å². The maximum absolute atomic E-state index is 11.5. The zero-order chi connectivity index (χ0) is 35.1. The van der Waals surface area contributed by atoms with Crippen molar-refractivity contribution < 1.29 is 14.3 Å². The summed E-state index contributed by atoms with van der Waals surface area (Å²) in [5, 5.41) is 24.1. The number of nitrogens with zero attached hydrogens (tertiary/aromatic N) is 6. The van der Waals surface area contributed by atoms with Gasteiger partial charge in [-0.3, -0.25) is 19.6 Å². The number of carboxylic acids is 1. The van der Waals surface area contributed by atoms with Gasteiger partial charge >= 0.3 is 5.97 Å². The van der Waals surface area contributed by atoms with Crippen LogP contribution in [0.3, 0.4) is 0 Å². The van der Waals surface area contributed by atoms with Crippen LogP contribution in [0.5, 0.6) is 0 Å². The molecule has 2 N–H and O–H groups in total. The number of nitrogens with one attached hydrogen (secondary N) is 1. The fraction of sp³-hybridized carbons (Fsp3) is 0.293. The first-order chi connectivity index (χ1) is 24.8. The Labute approximate surface area is 296 Å². The van der Waals surface area contributed by atoms with E-state index in [4.69, 9.17) is 14.4 Å². The molecule has 0 radical (unpaired) electrons. The standard InChI is InChI=1S/C41H39N7O3/c1-25-32(7-5-9-34(25)40-46-36-19-27(17-31(20-42)38(36)51-40)22-48-16-12-30(24-48)41(49)50)33-8-6-10-35(26(33)2)45-39-37-29(11-13-43-39)18-28(21-44-37)23-47-14-3-4-15-47/h5-11,13,17-19,21,30H,3-4,12,14-16,22-24H2,1-2H3,(H,43,45)(H,49,50). The van der Waals surface area contributed by atoms with E-state index in [1.54, 1.807) is 0 Å². The van der Waals surface area contributed by atoms with Crippen molar-refractivity contribution in [3.8, 4) is 28.7 Å². The SMILES string of the molecule is Cc1c(Nc2nccc3cc(CN4CCCC4)cnc23)cccc1-c1cccc(-c2nc3cc(CN4CCC(C(=O)O)C4)cc(C#N)c3o2)c1C. The number of carbonyl (C=O) groups is 1. The van der Waals surface area contributed by atoms with Crippen molar-refractivity contribution in [2.45, 2.75) is 46.2 Å². The van der Waals surface area contributed by atoms with Gasteiger partial charge in [-0.25, -0.2) is 9.97 Å². The van der Waals surface area contributed by atoms with Crippen LogP contribution in [0.4, 0.5) is 11.5 Å². The summed E-state index contributed by atoms with van der Waals surface area (Å²) in [6.45, 7) is 9.15. The summed E-state index contributed by atoms with van der Waals surface area (Å²) >= 11 is 0. The first-order valence-electron chi connectivity index (χ1n) is 17.6. The van der Waals surface area contributed by atoms with Gasteiger partial charge in [0.2, 0.25) is 5.89 Å². The summed E-state index contributed by atoms with van der Waals surface area (Å²) in [4.78, 5) is 30.4. The van der Waals surface area contributed by atoms with E-state index in [0.717, 1.165) is 75.4 Å². The Kier molecular flexibility index (Phi) is 8.68. The Morgan fingerprint density at radius 1 is 0.941 bits per heavy atom. The molecule has 10 nitrogen and oxygen atoms in total. The van der Waals surface area contributed by atoms with Crippen molar-refractivity contribution in [3.63, 3.8) is 0 Å². The van der Waals surface area contributed by atoms with Crippen LogP contribution in [0.2, 0.25) is 0 Å². The number of aromatic nitrogens is 3. The molecule has 256 valence electrons. The zero-order valence-electron chi connectivity index (χ0n) is 28.8. The third kappa shape index (κ3) is 6.42. The number of hydrogen-bond donors (Lipinski definition) is 2.